The number of hydrogen-bond donors (Lipinski definition) is 1. The fourth-order valence-electron chi connectivity index (χ4n) is 3.99. The topological polar surface area (TPSA) is 46.9 Å². The summed E-state index contributed by atoms with van der Waals surface area (Å²) in [5, 5.41) is 4.52. The summed E-state index contributed by atoms with van der Waals surface area (Å²) in [6, 6.07) is 13.1. The number of carbonyl (C=O) groups excluding carboxylic acids is 1. The summed E-state index contributed by atoms with van der Waals surface area (Å²) in [5.41, 5.74) is 4.47. The number of para-hydroxylation sites is 2. The maximum atomic E-state index is 12.9. The lowest BCUT2D eigenvalue weighted by Gasteiger charge is -2.34. The normalized spacial score (nSPS) is 19.3. The molecule has 130 valence electrons. The Morgan fingerprint density at radius 2 is 1.96 bits per heavy atom. The fraction of sp³-hybridized carbons (Fsp3) is 0.200. The molecule has 1 N–H and O–H groups in total. The predicted molar refractivity (Wildman–Crippen MR) is 104 cm³/mol. The van der Waals surface area contributed by atoms with Crippen molar-refractivity contribution in [3.63, 3.8) is 0 Å². The van der Waals surface area contributed by atoms with Gasteiger partial charge in [-0.05, 0) is 42.7 Å². The van der Waals surface area contributed by atoms with Crippen molar-refractivity contribution < 1.29 is 4.79 Å². The van der Waals surface area contributed by atoms with Crippen LogP contribution in [0.3, 0.4) is 0 Å². The predicted octanol–water partition coefficient (Wildman–Crippen LogP) is 5.37. The average Bonchev–Trinajstić information content (AvgIpc) is 2.99. The molecule has 0 bridgehead atoms. The van der Waals surface area contributed by atoms with Gasteiger partial charge in [-0.1, -0.05) is 41.4 Å². The Balaban J connectivity index is 1.83. The minimum Gasteiger partial charge on any atom is -0.329 e. The second-order valence-electron chi connectivity index (χ2n) is 6.66. The van der Waals surface area contributed by atoms with Crippen molar-refractivity contribution in [1.29, 1.82) is 0 Å². The standard InChI is InChI=1S/C20H15Cl2N3O/c21-11-8-9-12(13(22)10-11)19-18-15(5-3-7-17(18)26)24-20-23-14-4-1-2-6-16(14)25(19)20/h1-2,4,6,8-10,19H,3,5,7H2,(H,23,24)/t19-/m0/s1. The van der Waals surface area contributed by atoms with Gasteiger partial charge in [0.25, 0.3) is 0 Å². The number of nitrogens with one attached hydrogen (secondary N) is 1. The van der Waals surface area contributed by atoms with Crippen molar-refractivity contribution in [1.82, 2.24) is 9.55 Å². The van der Waals surface area contributed by atoms with E-state index in [1.807, 2.05) is 36.4 Å². The second kappa shape index (κ2) is 5.86. The molecule has 1 aliphatic carbocycles. The molecule has 1 atom stereocenters. The number of carbonyl (C=O) groups is 1. The van der Waals surface area contributed by atoms with Crippen molar-refractivity contribution >= 4 is 46.0 Å². The molecule has 0 amide bonds. The maximum absolute atomic E-state index is 12.9. The van der Waals surface area contributed by atoms with Crippen LogP contribution in [0.5, 0.6) is 0 Å². The zero-order chi connectivity index (χ0) is 17.8. The minimum absolute atomic E-state index is 0.165. The van der Waals surface area contributed by atoms with E-state index in [4.69, 9.17) is 28.2 Å². The molecule has 0 unspecified atom stereocenters. The molecule has 4 nitrogen and oxygen atoms in total. The number of ketones is 1. The molecule has 1 aromatic heterocycles. The van der Waals surface area contributed by atoms with Gasteiger partial charge >= 0.3 is 0 Å². The van der Waals surface area contributed by atoms with Gasteiger partial charge in [-0.2, -0.15) is 0 Å². The lowest BCUT2D eigenvalue weighted by Crippen LogP contribution is -2.31. The number of hydrogen-bond acceptors (Lipinski definition) is 3. The van der Waals surface area contributed by atoms with E-state index in [9.17, 15) is 4.79 Å². The molecule has 5 rings (SSSR count). The minimum atomic E-state index is -0.300. The molecule has 2 aliphatic rings. The van der Waals surface area contributed by atoms with E-state index >= 15 is 0 Å². The van der Waals surface area contributed by atoms with Crippen LogP contribution in [0.4, 0.5) is 5.95 Å². The van der Waals surface area contributed by atoms with Gasteiger partial charge in [-0.3, -0.25) is 9.36 Å². The molecule has 0 saturated carbocycles. The van der Waals surface area contributed by atoms with Gasteiger partial charge < -0.3 is 5.32 Å². The summed E-state index contributed by atoms with van der Waals surface area (Å²) < 4.78 is 2.08. The molecule has 0 fully saturated rings. The van der Waals surface area contributed by atoms with Crippen LogP contribution in [0.15, 0.2) is 53.7 Å². The molecular formula is C20H15Cl2N3O. The molecule has 2 aromatic carbocycles. The molecule has 0 saturated heterocycles. The van der Waals surface area contributed by atoms with E-state index in [0.29, 0.717) is 16.5 Å². The van der Waals surface area contributed by atoms with E-state index in [1.54, 1.807) is 6.07 Å². The van der Waals surface area contributed by atoms with Gasteiger partial charge in [0.15, 0.2) is 5.78 Å². The highest BCUT2D eigenvalue weighted by Crippen LogP contribution is 2.44. The van der Waals surface area contributed by atoms with E-state index < -0.39 is 0 Å². The Labute approximate surface area is 160 Å². The van der Waals surface area contributed by atoms with Crippen LogP contribution in [-0.4, -0.2) is 15.3 Å². The van der Waals surface area contributed by atoms with Crippen LogP contribution in [0.1, 0.15) is 30.9 Å². The smallest absolute Gasteiger partial charge is 0.209 e. The first-order valence-corrected chi connectivity index (χ1v) is 9.34. The molecule has 3 aromatic rings. The van der Waals surface area contributed by atoms with Gasteiger partial charge in [0.05, 0.1) is 17.1 Å². The molecule has 0 radical (unpaired) electrons. The number of Topliss-reactive ketones (excluding diaryl/α,β-unsaturated/α-hetero) is 1. The van der Waals surface area contributed by atoms with Gasteiger partial charge in [0.1, 0.15) is 0 Å². The SMILES string of the molecule is O=C1CCCC2=C1[C@H](c1ccc(Cl)cc1Cl)n1c(nc3ccccc31)N2. The Kier molecular flexibility index (Phi) is 3.59. The zero-order valence-corrected chi connectivity index (χ0v) is 15.3. The van der Waals surface area contributed by atoms with Gasteiger partial charge in [-0.25, -0.2) is 4.98 Å². The molecule has 2 heterocycles. The molecular weight excluding hydrogens is 369 g/mol. The quantitative estimate of drug-likeness (QED) is 0.614. The van der Waals surface area contributed by atoms with Crippen LogP contribution < -0.4 is 5.32 Å². The van der Waals surface area contributed by atoms with Crippen LogP contribution in [0.2, 0.25) is 10.0 Å². The third-order valence-electron chi connectivity index (χ3n) is 5.10. The first kappa shape index (κ1) is 15.9. The van der Waals surface area contributed by atoms with Crippen LogP contribution >= 0.6 is 23.2 Å². The van der Waals surface area contributed by atoms with Crippen LogP contribution in [-0.2, 0) is 4.79 Å². The van der Waals surface area contributed by atoms with Crippen molar-refractivity contribution in [2.75, 3.05) is 5.32 Å². The van der Waals surface area contributed by atoms with Crippen molar-refractivity contribution in [3.8, 4) is 0 Å². The van der Waals surface area contributed by atoms with Crippen molar-refractivity contribution in [2.24, 2.45) is 0 Å². The monoisotopic (exact) mass is 383 g/mol. The third kappa shape index (κ3) is 2.29. The van der Waals surface area contributed by atoms with E-state index in [-0.39, 0.29) is 11.8 Å². The number of fused-ring (bicyclic) bond motifs is 3. The summed E-state index contributed by atoms with van der Waals surface area (Å²) >= 11 is 12.7. The maximum Gasteiger partial charge on any atom is 0.209 e. The molecule has 0 spiro atoms. The van der Waals surface area contributed by atoms with Crippen LogP contribution in [0.25, 0.3) is 11.0 Å². The van der Waals surface area contributed by atoms with Gasteiger partial charge in [0, 0.05) is 27.7 Å². The van der Waals surface area contributed by atoms with Crippen molar-refractivity contribution in [2.45, 2.75) is 25.3 Å². The zero-order valence-electron chi connectivity index (χ0n) is 13.8. The number of rotatable bonds is 1. The Morgan fingerprint density at radius 1 is 1.12 bits per heavy atom. The average molecular weight is 384 g/mol. The number of benzene rings is 2. The summed E-state index contributed by atoms with van der Waals surface area (Å²) in [7, 11) is 0. The Morgan fingerprint density at radius 3 is 2.81 bits per heavy atom. The highest BCUT2D eigenvalue weighted by atomic mass is 35.5. The first-order valence-electron chi connectivity index (χ1n) is 8.58. The number of allylic oxidation sites excluding steroid dienone is 2. The fourth-order valence-corrected chi connectivity index (χ4v) is 4.50. The third-order valence-corrected chi connectivity index (χ3v) is 5.67. The molecule has 26 heavy (non-hydrogen) atoms. The summed E-state index contributed by atoms with van der Waals surface area (Å²) in [4.78, 5) is 17.6. The van der Waals surface area contributed by atoms with E-state index in [2.05, 4.69) is 9.88 Å². The largest absolute Gasteiger partial charge is 0.329 e. The van der Waals surface area contributed by atoms with E-state index in [1.165, 1.54) is 0 Å². The lowest BCUT2D eigenvalue weighted by atomic mass is 9.85. The number of halogens is 2. The Hall–Kier alpha value is -2.30. The number of imidazole rings is 1. The molecule has 6 heteroatoms. The highest BCUT2D eigenvalue weighted by Gasteiger charge is 2.37. The van der Waals surface area contributed by atoms with Gasteiger partial charge in [0.2, 0.25) is 5.95 Å². The summed E-state index contributed by atoms with van der Waals surface area (Å²) in [6.45, 7) is 0. The van der Waals surface area contributed by atoms with E-state index in [0.717, 1.165) is 46.7 Å². The second-order valence-corrected chi connectivity index (χ2v) is 7.50. The lowest BCUT2D eigenvalue weighted by molar-refractivity contribution is -0.116. The van der Waals surface area contributed by atoms with Gasteiger partial charge in [-0.15, -0.1) is 0 Å². The Bertz CT molecular complexity index is 1100. The summed E-state index contributed by atoms with van der Waals surface area (Å²) in [5.74, 6) is 0.911. The summed E-state index contributed by atoms with van der Waals surface area (Å²) in [6.07, 6.45) is 2.25. The first-order chi connectivity index (χ1) is 12.6. The molecule has 1 aliphatic heterocycles. The van der Waals surface area contributed by atoms with Crippen molar-refractivity contribution in [3.05, 3.63) is 69.3 Å². The highest BCUT2D eigenvalue weighted by molar-refractivity contribution is 6.35. The van der Waals surface area contributed by atoms with Crippen LogP contribution in [0, 0.1) is 0 Å². The number of nitrogens with zero attached hydrogens (tertiary/aromatic N) is 2. The number of aromatic nitrogens is 2. The number of anilines is 1.